The molecule has 0 aliphatic carbocycles. The minimum atomic E-state index is 0.594. The molecule has 2 rings (SSSR count). The van der Waals surface area contributed by atoms with Crippen LogP contribution in [0.15, 0.2) is 12.5 Å². The van der Waals surface area contributed by atoms with Crippen LogP contribution in [0.1, 0.15) is 0 Å². The van der Waals surface area contributed by atoms with Gasteiger partial charge in [-0.3, -0.25) is 4.57 Å². The van der Waals surface area contributed by atoms with Gasteiger partial charge in [-0.25, -0.2) is 4.98 Å². The summed E-state index contributed by atoms with van der Waals surface area (Å²) >= 11 is 0. The van der Waals surface area contributed by atoms with E-state index >= 15 is 0 Å². The van der Waals surface area contributed by atoms with Gasteiger partial charge in [0.15, 0.2) is 5.82 Å². The molecule has 0 bridgehead atoms. The third-order valence-electron chi connectivity index (χ3n) is 2.35. The van der Waals surface area contributed by atoms with E-state index in [1.54, 1.807) is 13.4 Å². The maximum Gasteiger partial charge on any atom is 0.224 e. The first-order chi connectivity index (χ1) is 7.76. The Kier molecular flexibility index (Phi) is 2.86. The summed E-state index contributed by atoms with van der Waals surface area (Å²) in [6.45, 7) is 1.35. The number of aromatic nitrogens is 5. The zero-order chi connectivity index (χ0) is 11.5. The number of hydrogen-bond acceptors (Lipinski definition) is 5. The van der Waals surface area contributed by atoms with E-state index in [-0.39, 0.29) is 0 Å². The molecule has 0 unspecified atom stereocenters. The van der Waals surface area contributed by atoms with Gasteiger partial charge in [0.25, 0.3) is 0 Å². The fourth-order valence-corrected chi connectivity index (χ4v) is 1.52. The Labute approximate surface area is 93.3 Å². The predicted molar refractivity (Wildman–Crippen MR) is 60.8 cm³/mol. The van der Waals surface area contributed by atoms with E-state index in [9.17, 15) is 0 Å². The Hall–Kier alpha value is -1.89. The van der Waals surface area contributed by atoms with Crippen LogP contribution in [0.5, 0.6) is 0 Å². The lowest BCUT2D eigenvalue weighted by atomic mass is 10.4. The first-order valence-electron chi connectivity index (χ1n) is 5.05. The molecular weight excluding hydrogens is 206 g/mol. The third kappa shape index (κ3) is 1.76. The molecule has 0 aromatic carbocycles. The van der Waals surface area contributed by atoms with Crippen molar-refractivity contribution in [3.05, 3.63) is 12.5 Å². The van der Waals surface area contributed by atoms with Gasteiger partial charge in [-0.1, -0.05) is 0 Å². The number of rotatable bonds is 4. The molecule has 16 heavy (non-hydrogen) atoms. The van der Waals surface area contributed by atoms with Crippen LogP contribution >= 0.6 is 0 Å². The van der Waals surface area contributed by atoms with Crippen LogP contribution in [0.25, 0.3) is 11.5 Å². The van der Waals surface area contributed by atoms with Crippen molar-refractivity contribution in [1.29, 1.82) is 0 Å². The van der Waals surface area contributed by atoms with Crippen molar-refractivity contribution in [3.8, 4) is 11.5 Å². The second-order valence-corrected chi connectivity index (χ2v) is 3.44. The van der Waals surface area contributed by atoms with E-state index in [1.165, 1.54) is 0 Å². The molecule has 7 heteroatoms. The molecule has 0 fully saturated rings. The number of imidazole rings is 1. The quantitative estimate of drug-likeness (QED) is 0.739. The van der Waals surface area contributed by atoms with Gasteiger partial charge in [-0.05, 0) is 0 Å². The van der Waals surface area contributed by atoms with Gasteiger partial charge in [0.1, 0.15) is 5.69 Å². The van der Waals surface area contributed by atoms with Gasteiger partial charge >= 0.3 is 0 Å². The summed E-state index contributed by atoms with van der Waals surface area (Å²) in [5.41, 5.74) is 6.27. The highest BCUT2D eigenvalue weighted by atomic mass is 15.3. The first kappa shape index (κ1) is 10.6. The highest BCUT2D eigenvalue weighted by Gasteiger charge is 2.11. The van der Waals surface area contributed by atoms with Gasteiger partial charge in [-0.15, -0.1) is 10.2 Å². The van der Waals surface area contributed by atoms with Crippen LogP contribution in [-0.4, -0.2) is 37.9 Å². The van der Waals surface area contributed by atoms with Crippen LogP contribution in [0.3, 0.4) is 0 Å². The molecule has 3 N–H and O–H groups in total. The van der Waals surface area contributed by atoms with E-state index < -0.39 is 0 Å². The van der Waals surface area contributed by atoms with Gasteiger partial charge in [0.2, 0.25) is 5.95 Å². The lowest BCUT2D eigenvalue weighted by Crippen LogP contribution is -2.07. The monoisotopic (exact) mass is 221 g/mol. The minimum Gasteiger partial charge on any atom is -0.357 e. The lowest BCUT2D eigenvalue weighted by molar-refractivity contribution is 0.708. The number of nitrogens with two attached hydrogens (primary N) is 1. The standard InChI is InChI=1S/C9H15N7/c1-11-9-14-13-8(15(9)2)7-5-16(4-3-10)6-12-7/h5-6H,3-4,10H2,1-2H3,(H,11,14). The minimum absolute atomic E-state index is 0.594. The summed E-state index contributed by atoms with van der Waals surface area (Å²) in [5, 5.41) is 11.0. The fourth-order valence-electron chi connectivity index (χ4n) is 1.52. The number of hydrogen-bond donors (Lipinski definition) is 2. The Morgan fingerprint density at radius 1 is 1.44 bits per heavy atom. The molecule has 0 radical (unpaired) electrons. The van der Waals surface area contributed by atoms with Gasteiger partial charge in [0, 0.05) is 33.4 Å². The summed E-state index contributed by atoms with van der Waals surface area (Å²) < 4.78 is 3.79. The lowest BCUT2D eigenvalue weighted by Gasteiger charge is -2.00. The number of anilines is 1. The molecule has 0 amide bonds. The summed E-state index contributed by atoms with van der Waals surface area (Å²) in [6, 6.07) is 0. The first-order valence-corrected chi connectivity index (χ1v) is 5.05. The van der Waals surface area contributed by atoms with Crippen LogP contribution in [-0.2, 0) is 13.6 Å². The van der Waals surface area contributed by atoms with Crippen LogP contribution in [0.2, 0.25) is 0 Å². The zero-order valence-electron chi connectivity index (χ0n) is 9.38. The normalized spacial score (nSPS) is 10.7. The van der Waals surface area contributed by atoms with Gasteiger partial charge in [0.05, 0.1) is 6.33 Å². The van der Waals surface area contributed by atoms with Crippen molar-refractivity contribution in [2.75, 3.05) is 18.9 Å². The van der Waals surface area contributed by atoms with Crippen molar-refractivity contribution < 1.29 is 0 Å². The molecule has 0 atom stereocenters. The molecule has 0 spiro atoms. The summed E-state index contributed by atoms with van der Waals surface area (Å²) in [7, 11) is 3.70. The molecular formula is C9H15N7. The van der Waals surface area contributed by atoms with E-state index in [0.717, 1.165) is 18.1 Å². The molecule has 2 aromatic rings. The SMILES string of the molecule is CNc1nnc(-c2cn(CCN)cn2)n1C. The van der Waals surface area contributed by atoms with Crippen LogP contribution in [0.4, 0.5) is 5.95 Å². The van der Waals surface area contributed by atoms with Crippen molar-refractivity contribution in [1.82, 2.24) is 24.3 Å². The summed E-state index contributed by atoms with van der Waals surface area (Å²) in [4.78, 5) is 4.27. The molecule has 7 nitrogen and oxygen atoms in total. The Morgan fingerprint density at radius 3 is 2.88 bits per heavy atom. The second-order valence-electron chi connectivity index (χ2n) is 3.44. The average molecular weight is 221 g/mol. The average Bonchev–Trinajstić information content (AvgIpc) is 2.85. The second kappa shape index (κ2) is 4.31. The number of nitrogens with zero attached hydrogens (tertiary/aromatic N) is 5. The molecule has 86 valence electrons. The maximum atomic E-state index is 5.47. The molecule has 2 aromatic heterocycles. The Bertz CT molecular complexity index is 470. The van der Waals surface area contributed by atoms with E-state index in [4.69, 9.17) is 5.73 Å². The highest BCUT2D eigenvalue weighted by molar-refractivity contribution is 5.50. The Balaban J connectivity index is 2.31. The topological polar surface area (TPSA) is 86.6 Å². The van der Waals surface area contributed by atoms with E-state index in [0.29, 0.717) is 12.5 Å². The van der Waals surface area contributed by atoms with Crippen molar-refractivity contribution in [2.24, 2.45) is 12.8 Å². The Morgan fingerprint density at radius 2 is 2.25 bits per heavy atom. The van der Waals surface area contributed by atoms with Crippen LogP contribution < -0.4 is 11.1 Å². The molecule has 0 aliphatic heterocycles. The van der Waals surface area contributed by atoms with Crippen molar-refractivity contribution in [2.45, 2.75) is 6.54 Å². The van der Waals surface area contributed by atoms with Crippen molar-refractivity contribution in [3.63, 3.8) is 0 Å². The largest absolute Gasteiger partial charge is 0.357 e. The van der Waals surface area contributed by atoms with Gasteiger partial charge < -0.3 is 15.6 Å². The maximum absolute atomic E-state index is 5.47. The third-order valence-corrected chi connectivity index (χ3v) is 2.35. The molecule has 0 saturated heterocycles. The smallest absolute Gasteiger partial charge is 0.224 e. The fraction of sp³-hybridized carbons (Fsp3) is 0.444. The molecule has 0 saturated carbocycles. The number of nitrogens with one attached hydrogen (secondary N) is 1. The van der Waals surface area contributed by atoms with E-state index in [1.807, 2.05) is 22.4 Å². The predicted octanol–water partition coefficient (Wildman–Crippen LogP) is -0.321. The summed E-state index contributed by atoms with van der Waals surface area (Å²) in [5.74, 6) is 1.45. The van der Waals surface area contributed by atoms with Gasteiger partial charge in [-0.2, -0.15) is 0 Å². The van der Waals surface area contributed by atoms with E-state index in [2.05, 4.69) is 20.5 Å². The van der Waals surface area contributed by atoms with Crippen LogP contribution in [0, 0.1) is 0 Å². The molecule has 2 heterocycles. The highest BCUT2D eigenvalue weighted by Crippen LogP contribution is 2.16. The zero-order valence-corrected chi connectivity index (χ0v) is 9.38. The molecule has 0 aliphatic rings. The van der Waals surface area contributed by atoms with Crippen molar-refractivity contribution >= 4 is 5.95 Å². The summed E-state index contributed by atoms with van der Waals surface area (Å²) in [6.07, 6.45) is 3.66.